The predicted molar refractivity (Wildman–Crippen MR) is 59.2 cm³/mol. The first-order valence-corrected chi connectivity index (χ1v) is 4.94. The van der Waals surface area contributed by atoms with E-state index in [0.29, 0.717) is 0 Å². The highest BCUT2D eigenvalue weighted by Gasteiger charge is 2.09. The lowest BCUT2D eigenvalue weighted by atomic mass is 10.4. The molecule has 2 rings (SSSR count). The predicted octanol–water partition coefficient (Wildman–Crippen LogP) is 1.92. The first-order chi connectivity index (χ1) is 8.15. The number of anilines is 1. The molecule has 0 spiro atoms. The van der Waals surface area contributed by atoms with Gasteiger partial charge in [-0.15, -0.1) is 0 Å². The number of rotatable bonds is 2. The molecule has 86 valence electrons. The average molecular weight is 253 g/mol. The SMILES string of the molecule is O=C(Nc1cccc(F)n1)c1cncc(Cl)n1. The Morgan fingerprint density at radius 1 is 1.29 bits per heavy atom. The van der Waals surface area contributed by atoms with Crippen LogP contribution in [-0.4, -0.2) is 20.9 Å². The number of carbonyl (C=O) groups is 1. The van der Waals surface area contributed by atoms with E-state index < -0.39 is 11.9 Å². The van der Waals surface area contributed by atoms with Crippen LogP contribution < -0.4 is 5.32 Å². The van der Waals surface area contributed by atoms with E-state index in [2.05, 4.69) is 20.3 Å². The van der Waals surface area contributed by atoms with Crippen LogP contribution in [0.3, 0.4) is 0 Å². The van der Waals surface area contributed by atoms with Crippen LogP contribution in [0, 0.1) is 5.95 Å². The van der Waals surface area contributed by atoms with E-state index in [1.807, 2.05) is 0 Å². The summed E-state index contributed by atoms with van der Waals surface area (Å²) in [5, 5.41) is 2.48. The third-order valence-corrected chi connectivity index (χ3v) is 1.98. The second-order valence-electron chi connectivity index (χ2n) is 3.03. The minimum absolute atomic E-state index is 0.0311. The molecule has 0 aromatic carbocycles. The van der Waals surface area contributed by atoms with Crippen molar-refractivity contribution >= 4 is 23.3 Å². The van der Waals surface area contributed by atoms with Crippen LogP contribution in [0.5, 0.6) is 0 Å². The van der Waals surface area contributed by atoms with Gasteiger partial charge in [-0.2, -0.15) is 4.39 Å². The zero-order valence-electron chi connectivity index (χ0n) is 8.39. The Labute approximate surface area is 101 Å². The van der Waals surface area contributed by atoms with Crippen molar-refractivity contribution < 1.29 is 9.18 Å². The van der Waals surface area contributed by atoms with E-state index in [0.717, 1.165) is 0 Å². The number of nitrogens with zero attached hydrogens (tertiary/aromatic N) is 3. The molecule has 0 aliphatic rings. The van der Waals surface area contributed by atoms with E-state index in [9.17, 15) is 9.18 Å². The first kappa shape index (κ1) is 11.4. The first-order valence-electron chi connectivity index (χ1n) is 4.56. The highest BCUT2D eigenvalue weighted by atomic mass is 35.5. The van der Waals surface area contributed by atoms with Crippen LogP contribution in [-0.2, 0) is 0 Å². The summed E-state index contributed by atoms with van der Waals surface area (Å²) in [7, 11) is 0. The van der Waals surface area contributed by atoms with Crippen LogP contribution in [0.4, 0.5) is 10.2 Å². The lowest BCUT2D eigenvalue weighted by molar-refractivity contribution is 0.102. The van der Waals surface area contributed by atoms with E-state index in [1.54, 1.807) is 0 Å². The molecule has 0 atom stereocenters. The molecule has 0 radical (unpaired) electrons. The molecular weight excluding hydrogens is 247 g/mol. The van der Waals surface area contributed by atoms with Gasteiger partial charge in [0.1, 0.15) is 16.7 Å². The van der Waals surface area contributed by atoms with E-state index in [1.165, 1.54) is 30.6 Å². The Hall–Kier alpha value is -2.08. The molecule has 0 bridgehead atoms. The van der Waals surface area contributed by atoms with E-state index in [4.69, 9.17) is 11.6 Å². The second kappa shape index (κ2) is 4.84. The number of hydrogen-bond acceptors (Lipinski definition) is 4. The van der Waals surface area contributed by atoms with Gasteiger partial charge in [0, 0.05) is 0 Å². The maximum absolute atomic E-state index is 12.8. The summed E-state index contributed by atoms with van der Waals surface area (Å²) >= 11 is 5.59. The molecule has 0 aliphatic carbocycles. The van der Waals surface area contributed by atoms with Gasteiger partial charge in [-0.3, -0.25) is 9.78 Å². The maximum Gasteiger partial charge on any atom is 0.277 e. The number of carbonyl (C=O) groups excluding carboxylic acids is 1. The molecule has 5 nitrogen and oxygen atoms in total. The minimum Gasteiger partial charge on any atom is -0.305 e. The number of nitrogens with one attached hydrogen (secondary N) is 1. The van der Waals surface area contributed by atoms with Gasteiger partial charge in [-0.25, -0.2) is 9.97 Å². The fourth-order valence-corrected chi connectivity index (χ4v) is 1.26. The van der Waals surface area contributed by atoms with Gasteiger partial charge in [0.15, 0.2) is 0 Å². The highest BCUT2D eigenvalue weighted by Crippen LogP contribution is 2.07. The maximum atomic E-state index is 12.8. The van der Waals surface area contributed by atoms with Crippen molar-refractivity contribution in [3.8, 4) is 0 Å². The molecule has 1 N–H and O–H groups in total. The fraction of sp³-hybridized carbons (Fsp3) is 0. The molecule has 0 unspecified atom stereocenters. The van der Waals surface area contributed by atoms with Crippen molar-refractivity contribution in [3.63, 3.8) is 0 Å². The summed E-state index contributed by atoms with van der Waals surface area (Å²) in [6.07, 6.45) is 2.55. The van der Waals surface area contributed by atoms with Crippen molar-refractivity contribution in [2.75, 3.05) is 5.32 Å². The van der Waals surface area contributed by atoms with Gasteiger partial charge in [0.2, 0.25) is 5.95 Å². The van der Waals surface area contributed by atoms with Crippen molar-refractivity contribution in [1.29, 1.82) is 0 Å². The lowest BCUT2D eigenvalue weighted by Gasteiger charge is -2.03. The number of hydrogen-bond donors (Lipinski definition) is 1. The molecule has 0 saturated heterocycles. The number of amides is 1. The summed E-state index contributed by atoms with van der Waals surface area (Å²) in [6.45, 7) is 0. The van der Waals surface area contributed by atoms with Crippen LogP contribution in [0.15, 0.2) is 30.6 Å². The summed E-state index contributed by atoms with van der Waals surface area (Å²) in [6, 6.07) is 4.06. The molecule has 1 amide bonds. The van der Waals surface area contributed by atoms with Crippen LogP contribution in [0.25, 0.3) is 0 Å². The third kappa shape index (κ3) is 2.94. The monoisotopic (exact) mass is 252 g/mol. The Morgan fingerprint density at radius 3 is 2.82 bits per heavy atom. The molecule has 7 heteroatoms. The molecular formula is C10H6ClFN4O. The van der Waals surface area contributed by atoms with Crippen LogP contribution >= 0.6 is 11.6 Å². The summed E-state index contributed by atoms with van der Waals surface area (Å²) < 4.78 is 12.8. The fourth-order valence-electron chi connectivity index (χ4n) is 1.11. The molecule has 2 aromatic heterocycles. The minimum atomic E-state index is -0.681. The number of aromatic nitrogens is 3. The zero-order chi connectivity index (χ0) is 12.3. The normalized spacial score (nSPS) is 10.0. The second-order valence-corrected chi connectivity index (χ2v) is 3.41. The molecule has 2 heterocycles. The molecule has 2 aromatic rings. The number of halogens is 2. The van der Waals surface area contributed by atoms with E-state index >= 15 is 0 Å². The lowest BCUT2D eigenvalue weighted by Crippen LogP contribution is -2.15. The summed E-state index contributed by atoms with van der Waals surface area (Å²) in [4.78, 5) is 22.6. The zero-order valence-corrected chi connectivity index (χ0v) is 9.15. The Balaban J connectivity index is 2.17. The Kier molecular flexibility index (Phi) is 3.24. The molecule has 17 heavy (non-hydrogen) atoms. The molecule has 0 fully saturated rings. The van der Waals surface area contributed by atoms with Crippen molar-refractivity contribution in [3.05, 3.63) is 47.4 Å². The summed E-state index contributed by atoms with van der Waals surface area (Å²) in [5.41, 5.74) is 0.0311. The number of pyridine rings is 1. The molecule has 0 aliphatic heterocycles. The van der Waals surface area contributed by atoms with Crippen molar-refractivity contribution in [1.82, 2.24) is 15.0 Å². The third-order valence-electron chi connectivity index (χ3n) is 1.79. The van der Waals surface area contributed by atoms with Gasteiger partial charge < -0.3 is 5.32 Å². The largest absolute Gasteiger partial charge is 0.305 e. The highest BCUT2D eigenvalue weighted by molar-refractivity contribution is 6.29. The van der Waals surface area contributed by atoms with Crippen molar-refractivity contribution in [2.45, 2.75) is 0 Å². The van der Waals surface area contributed by atoms with Gasteiger partial charge in [-0.05, 0) is 12.1 Å². The molecule has 0 saturated carbocycles. The summed E-state index contributed by atoms with van der Waals surface area (Å²) in [5.74, 6) is -1.14. The van der Waals surface area contributed by atoms with Crippen LogP contribution in [0.1, 0.15) is 10.5 Å². The smallest absolute Gasteiger partial charge is 0.277 e. The van der Waals surface area contributed by atoms with Gasteiger partial charge in [0.25, 0.3) is 5.91 Å². The standard InChI is InChI=1S/C10H6ClFN4O/c11-7-5-13-4-6(14-7)10(17)16-9-3-1-2-8(12)15-9/h1-5H,(H,15,16,17). The Bertz CT molecular complexity index is 564. The van der Waals surface area contributed by atoms with Gasteiger partial charge in [-0.1, -0.05) is 17.7 Å². The quantitative estimate of drug-likeness (QED) is 0.829. The van der Waals surface area contributed by atoms with Gasteiger partial charge >= 0.3 is 0 Å². The van der Waals surface area contributed by atoms with Crippen LogP contribution in [0.2, 0.25) is 5.15 Å². The average Bonchev–Trinajstić information content (AvgIpc) is 2.29. The van der Waals surface area contributed by atoms with Crippen molar-refractivity contribution in [2.24, 2.45) is 0 Å². The van der Waals surface area contributed by atoms with Gasteiger partial charge in [0.05, 0.1) is 12.4 Å². The Morgan fingerprint density at radius 2 is 2.12 bits per heavy atom. The topological polar surface area (TPSA) is 67.8 Å². The van der Waals surface area contributed by atoms with E-state index in [-0.39, 0.29) is 16.7 Å².